The second-order valence-electron chi connectivity index (χ2n) is 5.88. The van der Waals surface area contributed by atoms with Crippen molar-refractivity contribution in [3.8, 4) is 0 Å². The molecule has 136 valence electrons. The second-order valence-corrected chi connectivity index (χ2v) is 5.88. The fraction of sp³-hybridized carbons (Fsp3) is 0.471. The first kappa shape index (κ1) is 18.6. The first-order chi connectivity index (χ1) is 11.9. The van der Waals surface area contributed by atoms with Crippen LogP contribution in [0.1, 0.15) is 6.92 Å². The van der Waals surface area contributed by atoms with Gasteiger partial charge in [-0.1, -0.05) is 6.07 Å². The first-order valence-corrected chi connectivity index (χ1v) is 8.21. The van der Waals surface area contributed by atoms with E-state index in [-0.39, 0.29) is 6.09 Å². The highest BCUT2D eigenvalue weighted by molar-refractivity contribution is 6.39. The van der Waals surface area contributed by atoms with E-state index in [9.17, 15) is 14.4 Å². The topological polar surface area (TPSA) is 82.2 Å². The second kappa shape index (κ2) is 8.36. The molecule has 2 rings (SSSR count). The Morgan fingerprint density at radius 2 is 1.76 bits per heavy atom. The van der Waals surface area contributed by atoms with Crippen molar-refractivity contribution in [2.24, 2.45) is 0 Å². The van der Waals surface area contributed by atoms with Crippen molar-refractivity contribution >= 4 is 29.3 Å². The van der Waals surface area contributed by atoms with Gasteiger partial charge in [0.1, 0.15) is 0 Å². The zero-order valence-electron chi connectivity index (χ0n) is 14.8. The maximum Gasteiger partial charge on any atom is 0.409 e. The van der Waals surface area contributed by atoms with Crippen LogP contribution in [0.4, 0.5) is 16.2 Å². The molecule has 0 atom stereocenters. The Morgan fingerprint density at radius 1 is 1.12 bits per heavy atom. The van der Waals surface area contributed by atoms with Crippen molar-refractivity contribution in [3.05, 3.63) is 24.3 Å². The van der Waals surface area contributed by atoms with Gasteiger partial charge in [0.25, 0.3) is 0 Å². The van der Waals surface area contributed by atoms with Gasteiger partial charge in [-0.15, -0.1) is 0 Å². The minimum absolute atomic E-state index is 0.308. The Kier molecular flexibility index (Phi) is 6.21. The van der Waals surface area contributed by atoms with E-state index in [1.54, 1.807) is 19.1 Å². The average molecular weight is 348 g/mol. The molecule has 0 spiro atoms. The van der Waals surface area contributed by atoms with E-state index in [1.807, 2.05) is 31.1 Å². The number of nitrogens with zero attached hydrogens (tertiary/aromatic N) is 3. The maximum absolute atomic E-state index is 12.3. The molecule has 1 aliphatic heterocycles. The third-order valence-corrected chi connectivity index (χ3v) is 3.91. The van der Waals surface area contributed by atoms with E-state index in [2.05, 4.69) is 5.32 Å². The summed E-state index contributed by atoms with van der Waals surface area (Å²) in [4.78, 5) is 41.0. The summed E-state index contributed by atoms with van der Waals surface area (Å²) < 4.78 is 4.93. The van der Waals surface area contributed by atoms with Gasteiger partial charge in [-0.05, 0) is 25.1 Å². The predicted octanol–water partition coefficient (Wildman–Crippen LogP) is 0.992. The number of anilines is 2. The molecule has 3 amide bonds. The van der Waals surface area contributed by atoms with Gasteiger partial charge in [0.15, 0.2) is 0 Å². The van der Waals surface area contributed by atoms with Crippen molar-refractivity contribution in [1.29, 1.82) is 0 Å². The summed E-state index contributed by atoms with van der Waals surface area (Å²) >= 11 is 0. The van der Waals surface area contributed by atoms with Crippen molar-refractivity contribution in [1.82, 2.24) is 9.80 Å². The normalized spacial score (nSPS) is 14.0. The number of carbonyl (C=O) groups is 3. The van der Waals surface area contributed by atoms with E-state index in [0.29, 0.717) is 38.5 Å². The number of piperazine rings is 1. The van der Waals surface area contributed by atoms with Crippen LogP contribution in [0.5, 0.6) is 0 Å². The summed E-state index contributed by atoms with van der Waals surface area (Å²) in [5.41, 5.74) is 1.49. The summed E-state index contributed by atoms with van der Waals surface area (Å²) in [6.07, 6.45) is -0.389. The van der Waals surface area contributed by atoms with Crippen molar-refractivity contribution in [3.63, 3.8) is 0 Å². The smallest absolute Gasteiger partial charge is 0.409 e. The molecular formula is C17H24N4O4. The molecule has 1 N–H and O–H groups in total. The van der Waals surface area contributed by atoms with Gasteiger partial charge >= 0.3 is 17.9 Å². The van der Waals surface area contributed by atoms with Gasteiger partial charge in [0.2, 0.25) is 0 Å². The van der Waals surface area contributed by atoms with Crippen LogP contribution in [-0.2, 0) is 14.3 Å². The van der Waals surface area contributed by atoms with Gasteiger partial charge in [-0.25, -0.2) is 4.79 Å². The van der Waals surface area contributed by atoms with Crippen LogP contribution >= 0.6 is 0 Å². The predicted molar refractivity (Wildman–Crippen MR) is 94.6 cm³/mol. The molecule has 0 radical (unpaired) electrons. The van der Waals surface area contributed by atoms with Gasteiger partial charge < -0.3 is 24.8 Å². The number of rotatable bonds is 3. The standard InChI is InChI=1S/C17H24N4O4/c1-4-25-17(24)21-10-8-20(9-11-21)16(23)15(22)18-13-6-5-7-14(12-13)19(2)3/h5-7,12H,4,8-11H2,1-3H3,(H,18,22). The maximum atomic E-state index is 12.3. The summed E-state index contributed by atoms with van der Waals surface area (Å²) in [7, 11) is 3.80. The first-order valence-electron chi connectivity index (χ1n) is 8.21. The molecule has 25 heavy (non-hydrogen) atoms. The molecule has 0 aromatic heterocycles. The van der Waals surface area contributed by atoms with Gasteiger partial charge in [-0.3, -0.25) is 9.59 Å². The number of hydrogen-bond donors (Lipinski definition) is 1. The average Bonchev–Trinajstić information content (AvgIpc) is 2.61. The van der Waals surface area contributed by atoms with Crippen LogP contribution in [-0.4, -0.2) is 74.6 Å². The van der Waals surface area contributed by atoms with E-state index < -0.39 is 11.8 Å². The van der Waals surface area contributed by atoms with Crippen molar-refractivity contribution in [2.75, 3.05) is 57.1 Å². The quantitative estimate of drug-likeness (QED) is 0.824. The minimum atomic E-state index is -0.680. The Morgan fingerprint density at radius 3 is 2.36 bits per heavy atom. The molecule has 1 aromatic rings. The number of amides is 3. The molecule has 0 bridgehead atoms. The molecule has 0 aliphatic carbocycles. The number of carbonyl (C=O) groups excluding carboxylic acids is 3. The van der Waals surface area contributed by atoms with Crippen LogP contribution in [0.25, 0.3) is 0 Å². The molecule has 8 heteroatoms. The summed E-state index contributed by atoms with van der Waals surface area (Å²) in [6.45, 7) is 3.38. The lowest BCUT2D eigenvalue weighted by atomic mass is 10.2. The molecule has 1 heterocycles. The van der Waals surface area contributed by atoms with E-state index in [1.165, 1.54) is 9.80 Å². The Bertz CT molecular complexity index is 639. The molecular weight excluding hydrogens is 324 g/mol. The molecule has 8 nitrogen and oxygen atoms in total. The zero-order valence-corrected chi connectivity index (χ0v) is 14.8. The summed E-state index contributed by atoms with van der Waals surface area (Å²) in [5.74, 6) is -1.28. The highest BCUT2D eigenvalue weighted by Crippen LogP contribution is 2.17. The van der Waals surface area contributed by atoms with Gasteiger partial charge in [0.05, 0.1) is 6.61 Å². The Balaban J connectivity index is 1.90. The molecule has 1 saturated heterocycles. The fourth-order valence-electron chi connectivity index (χ4n) is 2.50. The lowest BCUT2D eigenvalue weighted by molar-refractivity contribution is -0.144. The number of nitrogens with one attached hydrogen (secondary N) is 1. The van der Waals surface area contributed by atoms with Crippen LogP contribution in [0, 0.1) is 0 Å². The number of benzene rings is 1. The largest absolute Gasteiger partial charge is 0.450 e. The Hall–Kier alpha value is -2.77. The molecule has 1 fully saturated rings. The van der Waals surface area contributed by atoms with Crippen LogP contribution in [0.3, 0.4) is 0 Å². The highest BCUT2D eigenvalue weighted by Gasteiger charge is 2.28. The van der Waals surface area contributed by atoms with Crippen LogP contribution < -0.4 is 10.2 Å². The minimum Gasteiger partial charge on any atom is -0.450 e. The van der Waals surface area contributed by atoms with E-state index >= 15 is 0 Å². The number of ether oxygens (including phenoxy) is 1. The van der Waals surface area contributed by atoms with Gasteiger partial charge in [0, 0.05) is 51.6 Å². The van der Waals surface area contributed by atoms with E-state index in [0.717, 1.165) is 5.69 Å². The molecule has 1 aromatic carbocycles. The third kappa shape index (κ3) is 4.85. The lowest BCUT2D eigenvalue weighted by Crippen LogP contribution is -2.53. The fourth-order valence-corrected chi connectivity index (χ4v) is 2.50. The van der Waals surface area contributed by atoms with E-state index in [4.69, 9.17) is 4.74 Å². The van der Waals surface area contributed by atoms with Gasteiger partial charge in [-0.2, -0.15) is 0 Å². The molecule has 0 saturated carbocycles. The summed E-state index contributed by atoms with van der Waals surface area (Å²) in [5, 5.41) is 2.63. The Labute approximate surface area is 147 Å². The van der Waals surface area contributed by atoms with Crippen molar-refractivity contribution < 1.29 is 19.1 Å². The van der Waals surface area contributed by atoms with Crippen LogP contribution in [0.15, 0.2) is 24.3 Å². The highest BCUT2D eigenvalue weighted by atomic mass is 16.6. The molecule has 1 aliphatic rings. The molecule has 0 unspecified atom stereocenters. The van der Waals surface area contributed by atoms with Crippen LogP contribution in [0.2, 0.25) is 0 Å². The SMILES string of the molecule is CCOC(=O)N1CCN(C(=O)C(=O)Nc2cccc(N(C)C)c2)CC1. The lowest BCUT2D eigenvalue weighted by Gasteiger charge is -2.33. The third-order valence-electron chi connectivity index (χ3n) is 3.91. The summed E-state index contributed by atoms with van der Waals surface area (Å²) in [6, 6.07) is 7.25. The number of hydrogen-bond acceptors (Lipinski definition) is 5. The monoisotopic (exact) mass is 348 g/mol. The van der Waals surface area contributed by atoms with Crippen molar-refractivity contribution in [2.45, 2.75) is 6.92 Å². The zero-order chi connectivity index (χ0) is 18.4.